The Labute approximate surface area is 124 Å². The first kappa shape index (κ1) is 14.1. The lowest BCUT2D eigenvalue weighted by Gasteiger charge is -2.34. The minimum Gasteiger partial charge on any atom is -0.396 e. The summed E-state index contributed by atoms with van der Waals surface area (Å²) in [7, 11) is 1.90. The Morgan fingerprint density at radius 1 is 1.29 bits per heavy atom. The standard InChI is InChI=1S/C17H22N2O2/c1-19(14-7-5-12(11-20)6-8-14)17(21)15-4-2-3-13-9-10-18-16(13)15/h2-4,9-10,12,14,18,20H,5-8,11H2,1H3. The summed E-state index contributed by atoms with van der Waals surface area (Å²) in [6.45, 7) is 0.270. The van der Waals surface area contributed by atoms with Crippen LogP contribution in [0.4, 0.5) is 0 Å². The molecule has 1 aromatic carbocycles. The second-order valence-electron chi connectivity index (χ2n) is 6.02. The van der Waals surface area contributed by atoms with Crippen molar-refractivity contribution < 1.29 is 9.90 Å². The van der Waals surface area contributed by atoms with Crippen molar-refractivity contribution in [2.45, 2.75) is 31.7 Å². The van der Waals surface area contributed by atoms with Crippen molar-refractivity contribution in [1.29, 1.82) is 0 Å². The van der Waals surface area contributed by atoms with Crippen LogP contribution in [-0.2, 0) is 0 Å². The summed E-state index contributed by atoms with van der Waals surface area (Å²) in [6, 6.07) is 8.09. The van der Waals surface area contributed by atoms with Crippen LogP contribution in [0.2, 0.25) is 0 Å². The normalized spacial score (nSPS) is 22.4. The minimum atomic E-state index is 0.0792. The topological polar surface area (TPSA) is 56.3 Å². The molecule has 1 saturated carbocycles. The van der Waals surface area contributed by atoms with Crippen LogP contribution in [0.3, 0.4) is 0 Å². The molecule has 1 aromatic heterocycles. The number of H-pyrrole nitrogens is 1. The number of para-hydroxylation sites is 1. The maximum Gasteiger partial charge on any atom is 0.255 e. The molecule has 0 atom stereocenters. The Morgan fingerprint density at radius 3 is 2.76 bits per heavy atom. The molecule has 1 aliphatic carbocycles. The Hall–Kier alpha value is -1.81. The van der Waals surface area contributed by atoms with Gasteiger partial charge in [-0.05, 0) is 43.7 Å². The molecular weight excluding hydrogens is 264 g/mol. The fourth-order valence-corrected chi connectivity index (χ4v) is 3.33. The molecular formula is C17H22N2O2. The van der Waals surface area contributed by atoms with E-state index in [1.807, 2.05) is 42.4 Å². The second kappa shape index (κ2) is 5.90. The van der Waals surface area contributed by atoms with E-state index in [1.54, 1.807) is 0 Å². The number of aliphatic hydroxyl groups is 1. The molecule has 1 fully saturated rings. The number of amides is 1. The Morgan fingerprint density at radius 2 is 2.05 bits per heavy atom. The molecule has 2 aromatic rings. The van der Waals surface area contributed by atoms with Crippen molar-refractivity contribution in [3.8, 4) is 0 Å². The molecule has 0 spiro atoms. The number of benzene rings is 1. The largest absolute Gasteiger partial charge is 0.396 e. The first-order valence-electron chi connectivity index (χ1n) is 7.65. The van der Waals surface area contributed by atoms with E-state index in [0.29, 0.717) is 5.92 Å². The number of hydrogen-bond acceptors (Lipinski definition) is 2. The number of hydrogen-bond donors (Lipinski definition) is 2. The fraction of sp³-hybridized carbons (Fsp3) is 0.471. The summed E-state index contributed by atoms with van der Waals surface area (Å²) in [5, 5.41) is 10.3. The Kier molecular flexibility index (Phi) is 3.97. The molecule has 4 heteroatoms. The highest BCUT2D eigenvalue weighted by Gasteiger charge is 2.27. The van der Waals surface area contributed by atoms with Crippen molar-refractivity contribution in [2.75, 3.05) is 13.7 Å². The molecule has 0 bridgehead atoms. The van der Waals surface area contributed by atoms with Crippen molar-refractivity contribution >= 4 is 16.8 Å². The van der Waals surface area contributed by atoms with Gasteiger partial charge in [0, 0.05) is 31.3 Å². The van der Waals surface area contributed by atoms with Crippen LogP contribution in [0.5, 0.6) is 0 Å². The van der Waals surface area contributed by atoms with Gasteiger partial charge < -0.3 is 15.0 Å². The fourth-order valence-electron chi connectivity index (χ4n) is 3.33. The summed E-state index contributed by atoms with van der Waals surface area (Å²) in [6.07, 6.45) is 5.84. The van der Waals surface area contributed by atoms with Crippen LogP contribution in [0.1, 0.15) is 36.0 Å². The van der Waals surface area contributed by atoms with E-state index in [2.05, 4.69) is 4.98 Å². The van der Waals surface area contributed by atoms with Gasteiger partial charge in [0.25, 0.3) is 5.91 Å². The van der Waals surface area contributed by atoms with Gasteiger partial charge in [0.05, 0.1) is 11.1 Å². The summed E-state index contributed by atoms with van der Waals surface area (Å²) < 4.78 is 0. The van der Waals surface area contributed by atoms with E-state index in [4.69, 9.17) is 0 Å². The zero-order valence-corrected chi connectivity index (χ0v) is 12.4. The van der Waals surface area contributed by atoms with E-state index in [9.17, 15) is 9.90 Å². The van der Waals surface area contributed by atoms with Gasteiger partial charge >= 0.3 is 0 Å². The predicted octanol–water partition coefficient (Wildman–Crippen LogP) is 2.79. The van der Waals surface area contributed by atoms with Crippen LogP contribution >= 0.6 is 0 Å². The maximum absolute atomic E-state index is 12.8. The Bertz CT molecular complexity index is 627. The van der Waals surface area contributed by atoms with E-state index in [0.717, 1.165) is 42.1 Å². The first-order chi connectivity index (χ1) is 10.2. The molecule has 0 unspecified atom stereocenters. The predicted molar refractivity (Wildman–Crippen MR) is 83.2 cm³/mol. The van der Waals surface area contributed by atoms with Gasteiger partial charge in [-0.3, -0.25) is 4.79 Å². The zero-order valence-electron chi connectivity index (χ0n) is 12.4. The van der Waals surface area contributed by atoms with Crippen LogP contribution in [0, 0.1) is 5.92 Å². The Balaban J connectivity index is 1.77. The average molecular weight is 286 g/mol. The summed E-state index contributed by atoms with van der Waals surface area (Å²) in [5.74, 6) is 0.493. The number of aliphatic hydroxyl groups excluding tert-OH is 1. The average Bonchev–Trinajstić information content (AvgIpc) is 3.02. The number of aromatic amines is 1. The second-order valence-corrected chi connectivity index (χ2v) is 6.02. The minimum absolute atomic E-state index is 0.0792. The first-order valence-corrected chi connectivity index (χ1v) is 7.65. The highest BCUT2D eigenvalue weighted by atomic mass is 16.3. The molecule has 0 saturated heterocycles. The highest BCUT2D eigenvalue weighted by Crippen LogP contribution is 2.28. The third-order valence-corrected chi connectivity index (χ3v) is 4.76. The summed E-state index contributed by atoms with van der Waals surface area (Å²) >= 11 is 0. The molecule has 21 heavy (non-hydrogen) atoms. The van der Waals surface area contributed by atoms with E-state index >= 15 is 0 Å². The van der Waals surface area contributed by atoms with Gasteiger partial charge in [0.1, 0.15) is 0 Å². The van der Waals surface area contributed by atoms with Crippen LogP contribution in [0.15, 0.2) is 30.5 Å². The third kappa shape index (κ3) is 2.68. The summed E-state index contributed by atoms with van der Waals surface area (Å²) in [4.78, 5) is 17.8. The maximum atomic E-state index is 12.8. The molecule has 4 nitrogen and oxygen atoms in total. The number of aromatic nitrogens is 1. The lowest BCUT2D eigenvalue weighted by atomic mass is 9.86. The number of carbonyl (C=O) groups is 1. The molecule has 2 N–H and O–H groups in total. The molecule has 112 valence electrons. The zero-order chi connectivity index (χ0) is 14.8. The van der Waals surface area contributed by atoms with Crippen LogP contribution in [-0.4, -0.2) is 40.6 Å². The lowest BCUT2D eigenvalue weighted by Crippen LogP contribution is -2.39. The van der Waals surface area contributed by atoms with Gasteiger partial charge in [-0.2, -0.15) is 0 Å². The number of rotatable bonds is 3. The number of carbonyl (C=O) groups excluding carboxylic acids is 1. The molecule has 1 amide bonds. The SMILES string of the molecule is CN(C(=O)c1cccc2cc[nH]c12)C1CCC(CO)CC1. The molecule has 0 radical (unpaired) electrons. The molecule has 1 heterocycles. The van der Waals surface area contributed by atoms with Gasteiger partial charge in [-0.15, -0.1) is 0 Å². The number of nitrogens with one attached hydrogen (secondary N) is 1. The van der Waals surface area contributed by atoms with Gasteiger partial charge in [-0.1, -0.05) is 12.1 Å². The number of fused-ring (bicyclic) bond motifs is 1. The number of nitrogens with zero attached hydrogens (tertiary/aromatic N) is 1. The van der Waals surface area contributed by atoms with Crippen LogP contribution < -0.4 is 0 Å². The van der Waals surface area contributed by atoms with Crippen LogP contribution in [0.25, 0.3) is 10.9 Å². The van der Waals surface area contributed by atoms with Gasteiger partial charge in [0.2, 0.25) is 0 Å². The van der Waals surface area contributed by atoms with E-state index in [1.165, 1.54) is 0 Å². The lowest BCUT2D eigenvalue weighted by molar-refractivity contribution is 0.0654. The molecule has 3 rings (SSSR count). The summed E-state index contributed by atoms with van der Waals surface area (Å²) in [5.41, 5.74) is 1.66. The monoisotopic (exact) mass is 286 g/mol. The van der Waals surface area contributed by atoms with Crippen molar-refractivity contribution in [3.05, 3.63) is 36.0 Å². The van der Waals surface area contributed by atoms with E-state index in [-0.39, 0.29) is 18.6 Å². The smallest absolute Gasteiger partial charge is 0.255 e. The van der Waals surface area contributed by atoms with Crippen molar-refractivity contribution in [3.63, 3.8) is 0 Å². The highest BCUT2D eigenvalue weighted by molar-refractivity contribution is 6.05. The quantitative estimate of drug-likeness (QED) is 0.911. The molecule has 1 aliphatic rings. The third-order valence-electron chi connectivity index (χ3n) is 4.76. The van der Waals surface area contributed by atoms with Crippen molar-refractivity contribution in [1.82, 2.24) is 9.88 Å². The van der Waals surface area contributed by atoms with Gasteiger partial charge in [-0.25, -0.2) is 0 Å². The molecule has 0 aliphatic heterocycles. The van der Waals surface area contributed by atoms with Gasteiger partial charge in [0.15, 0.2) is 0 Å². The van der Waals surface area contributed by atoms with Crippen molar-refractivity contribution in [2.24, 2.45) is 5.92 Å². The van der Waals surface area contributed by atoms with E-state index < -0.39 is 0 Å².